The lowest BCUT2D eigenvalue weighted by Gasteiger charge is -2.39. The van der Waals surface area contributed by atoms with E-state index in [-0.39, 0.29) is 11.4 Å². The average molecular weight is 526 g/mol. The summed E-state index contributed by atoms with van der Waals surface area (Å²) in [7, 11) is 1.61. The first-order valence-electron chi connectivity index (χ1n) is 12.8. The fourth-order valence-corrected chi connectivity index (χ4v) is 5.24. The summed E-state index contributed by atoms with van der Waals surface area (Å²) in [6.45, 7) is 2.84. The van der Waals surface area contributed by atoms with Gasteiger partial charge in [0.15, 0.2) is 5.82 Å². The van der Waals surface area contributed by atoms with Gasteiger partial charge in [-0.05, 0) is 52.4 Å². The fraction of sp³-hybridized carbons (Fsp3) is 0.241. The number of rotatable bonds is 7. The molecule has 1 N–H and O–H groups in total. The van der Waals surface area contributed by atoms with Crippen LogP contribution in [0.2, 0.25) is 0 Å². The number of hydrogen-bond donors (Lipinski definition) is 1. The van der Waals surface area contributed by atoms with Crippen LogP contribution in [0.25, 0.3) is 10.9 Å². The largest absolute Gasteiger partial charge is 0.497 e. The molecule has 0 bridgehead atoms. The van der Waals surface area contributed by atoms with Crippen LogP contribution < -0.4 is 15.2 Å². The SMILES string of the molecule is COc1ccc2[nH]c(=O)c(C(c3nnnn3Cc3ccccc3)N3CCN(c4ccccc4F)CC3)cc2c1. The molecular formula is C29H28FN7O2. The van der Waals surface area contributed by atoms with Crippen molar-refractivity contribution < 1.29 is 9.13 Å². The van der Waals surface area contributed by atoms with Gasteiger partial charge in [-0.3, -0.25) is 9.69 Å². The predicted octanol–water partition coefficient (Wildman–Crippen LogP) is 3.62. The first-order valence-corrected chi connectivity index (χ1v) is 12.8. The Balaban J connectivity index is 1.40. The quantitative estimate of drug-likeness (QED) is 0.347. The summed E-state index contributed by atoms with van der Waals surface area (Å²) in [6.07, 6.45) is 0. The Morgan fingerprint density at radius 2 is 1.74 bits per heavy atom. The highest BCUT2D eigenvalue weighted by molar-refractivity contribution is 5.80. The molecule has 1 aliphatic rings. The average Bonchev–Trinajstić information content (AvgIpc) is 3.42. The first-order chi connectivity index (χ1) is 19.1. The molecule has 1 saturated heterocycles. The number of aromatic amines is 1. The number of tetrazole rings is 1. The summed E-state index contributed by atoms with van der Waals surface area (Å²) >= 11 is 0. The molecule has 0 aliphatic carbocycles. The number of pyridine rings is 1. The number of hydrogen-bond acceptors (Lipinski definition) is 7. The van der Waals surface area contributed by atoms with Gasteiger partial charge in [-0.15, -0.1) is 5.10 Å². The molecule has 3 heterocycles. The second-order valence-electron chi connectivity index (χ2n) is 9.56. The van der Waals surface area contributed by atoms with Crippen LogP contribution in [0.4, 0.5) is 10.1 Å². The zero-order chi connectivity index (χ0) is 26.8. The maximum Gasteiger partial charge on any atom is 0.253 e. The smallest absolute Gasteiger partial charge is 0.253 e. The van der Waals surface area contributed by atoms with Crippen LogP contribution in [0.15, 0.2) is 83.7 Å². The molecule has 0 amide bonds. The van der Waals surface area contributed by atoms with Gasteiger partial charge < -0.3 is 14.6 Å². The van der Waals surface area contributed by atoms with Crippen molar-refractivity contribution in [3.8, 4) is 5.75 Å². The molecule has 1 unspecified atom stereocenters. The van der Waals surface area contributed by atoms with E-state index in [0.29, 0.717) is 55.5 Å². The molecule has 39 heavy (non-hydrogen) atoms. The highest BCUT2D eigenvalue weighted by Gasteiger charge is 2.33. The van der Waals surface area contributed by atoms with Gasteiger partial charge >= 0.3 is 0 Å². The first kappa shape index (κ1) is 24.7. The number of benzene rings is 3. The minimum atomic E-state index is -0.508. The Labute approximate surface area is 224 Å². The Morgan fingerprint density at radius 3 is 2.51 bits per heavy atom. The number of aromatic nitrogens is 5. The highest BCUT2D eigenvalue weighted by Crippen LogP contribution is 2.30. The monoisotopic (exact) mass is 525 g/mol. The van der Waals surface area contributed by atoms with E-state index in [1.54, 1.807) is 23.9 Å². The van der Waals surface area contributed by atoms with E-state index in [0.717, 1.165) is 16.5 Å². The Hall–Kier alpha value is -4.57. The Bertz CT molecular complexity index is 1640. The van der Waals surface area contributed by atoms with Gasteiger partial charge in [0.1, 0.15) is 17.6 Å². The molecule has 5 aromatic rings. The molecule has 1 aliphatic heterocycles. The third kappa shape index (κ3) is 4.98. The van der Waals surface area contributed by atoms with E-state index in [9.17, 15) is 9.18 Å². The Kier molecular flexibility index (Phi) is 6.76. The summed E-state index contributed by atoms with van der Waals surface area (Å²) in [6, 6.07) is 23.7. The van der Waals surface area contributed by atoms with Gasteiger partial charge in [0, 0.05) is 42.6 Å². The zero-order valence-corrected chi connectivity index (χ0v) is 21.5. The number of anilines is 1. The third-order valence-corrected chi connectivity index (χ3v) is 7.23. The van der Waals surface area contributed by atoms with Crippen LogP contribution in [-0.4, -0.2) is 63.4 Å². The number of ether oxygens (including phenoxy) is 1. The van der Waals surface area contributed by atoms with Crippen LogP contribution >= 0.6 is 0 Å². The molecule has 9 nitrogen and oxygen atoms in total. The molecule has 0 radical (unpaired) electrons. The van der Waals surface area contributed by atoms with Crippen LogP contribution in [0.1, 0.15) is 23.0 Å². The number of piperazine rings is 1. The summed E-state index contributed by atoms with van der Waals surface area (Å²) in [4.78, 5) is 20.8. The van der Waals surface area contributed by atoms with Crippen LogP contribution in [0, 0.1) is 5.82 Å². The molecule has 6 rings (SSSR count). The van der Waals surface area contributed by atoms with Gasteiger partial charge in [-0.1, -0.05) is 42.5 Å². The third-order valence-electron chi connectivity index (χ3n) is 7.23. The van der Waals surface area contributed by atoms with Crippen molar-refractivity contribution in [2.45, 2.75) is 12.6 Å². The standard InChI is InChI=1S/C29H28FN7O2/c1-39-22-11-12-25-21(17-22)18-23(29(38)31-25)27(28-32-33-34-37(28)19-20-7-3-2-4-8-20)36-15-13-35(14-16-36)26-10-6-5-9-24(26)30/h2-12,17-18,27H,13-16,19H2,1H3,(H,31,38). The van der Waals surface area contributed by atoms with Gasteiger partial charge in [-0.2, -0.15) is 0 Å². The van der Waals surface area contributed by atoms with Crippen LogP contribution in [0.3, 0.4) is 0 Å². The van der Waals surface area contributed by atoms with Gasteiger partial charge in [0.05, 0.1) is 19.3 Å². The second-order valence-corrected chi connectivity index (χ2v) is 9.56. The molecular weight excluding hydrogens is 497 g/mol. The zero-order valence-electron chi connectivity index (χ0n) is 21.5. The van der Waals surface area contributed by atoms with Gasteiger partial charge in [0.25, 0.3) is 5.56 Å². The van der Waals surface area contributed by atoms with Crippen molar-refractivity contribution in [3.63, 3.8) is 0 Å². The van der Waals surface area contributed by atoms with Crippen molar-refractivity contribution in [2.75, 3.05) is 38.2 Å². The summed E-state index contributed by atoms with van der Waals surface area (Å²) in [5.74, 6) is 1.03. The molecule has 2 aromatic heterocycles. The summed E-state index contributed by atoms with van der Waals surface area (Å²) in [5, 5.41) is 13.5. The maximum absolute atomic E-state index is 14.5. The van der Waals surface area contributed by atoms with Gasteiger partial charge in [0.2, 0.25) is 0 Å². The Morgan fingerprint density at radius 1 is 0.974 bits per heavy atom. The van der Waals surface area contributed by atoms with Crippen molar-refractivity contribution in [3.05, 3.63) is 112 Å². The lowest BCUT2D eigenvalue weighted by Crippen LogP contribution is -2.49. The second kappa shape index (κ2) is 10.7. The number of nitrogens with one attached hydrogen (secondary N) is 1. The molecule has 0 spiro atoms. The number of H-pyrrole nitrogens is 1. The van der Waals surface area contributed by atoms with Crippen molar-refractivity contribution in [1.82, 2.24) is 30.1 Å². The lowest BCUT2D eigenvalue weighted by atomic mass is 10.0. The molecule has 0 saturated carbocycles. The van der Waals surface area contributed by atoms with Crippen molar-refractivity contribution in [2.24, 2.45) is 0 Å². The molecule has 1 fully saturated rings. The molecule has 10 heteroatoms. The van der Waals surface area contributed by atoms with E-state index < -0.39 is 6.04 Å². The topological polar surface area (TPSA) is 92.2 Å². The summed E-state index contributed by atoms with van der Waals surface area (Å²) < 4.78 is 21.7. The number of fused-ring (bicyclic) bond motifs is 1. The normalized spacial score (nSPS) is 15.0. The molecule has 198 valence electrons. The van der Waals surface area contributed by atoms with E-state index in [1.807, 2.05) is 65.6 Å². The minimum absolute atomic E-state index is 0.205. The molecule has 1 atom stereocenters. The molecule has 3 aromatic carbocycles. The summed E-state index contributed by atoms with van der Waals surface area (Å²) in [5.41, 5.74) is 2.68. The van der Waals surface area contributed by atoms with Crippen molar-refractivity contribution >= 4 is 16.6 Å². The number of halogens is 1. The predicted molar refractivity (Wildman–Crippen MR) is 147 cm³/mol. The van der Waals surface area contributed by atoms with E-state index in [4.69, 9.17) is 4.74 Å². The van der Waals surface area contributed by atoms with E-state index in [1.165, 1.54) is 6.07 Å². The maximum atomic E-state index is 14.5. The van der Waals surface area contributed by atoms with Gasteiger partial charge in [-0.25, -0.2) is 9.07 Å². The van der Waals surface area contributed by atoms with E-state index >= 15 is 0 Å². The van der Waals surface area contributed by atoms with Crippen molar-refractivity contribution in [1.29, 1.82) is 0 Å². The number of nitrogens with zero attached hydrogens (tertiary/aromatic N) is 6. The lowest BCUT2D eigenvalue weighted by molar-refractivity contribution is 0.200. The van der Waals surface area contributed by atoms with E-state index in [2.05, 4.69) is 25.4 Å². The van der Waals surface area contributed by atoms with Crippen LogP contribution in [-0.2, 0) is 6.54 Å². The minimum Gasteiger partial charge on any atom is -0.497 e. The number of para-hydroxylation sites is 1. The van der Waals surface area contributed by atoms with Crippen LogP contribution in [0.5, 0.6) is 5.75 Å². The fourth-order valence-electron chi connectivity index (χ4n) is 5.24. The number of methoxy groups -OCH3 is 1. The highest BCUT2D eigenvalue weighted by atomic mass is 19.1.